The van der Waals surface area contributed by atoms with Crippen molar-refractivity contribution >= 4 is 37.5 Å². The molecule has 0 aliphatic carbocycles. The Morgan fingerprint density at radius 1 is 1.10 bits per heavy atom. The monoisotopic (exact) mass is 397 g/mol. The lowest BCUT2D eigenvalue weighted by Crippen LogP contribution is -2.09. The normalized spacial score (nSPS) is 12.1. The zero-order valence-corrected chi connectivity index (χ0v) is 14.9. The van der Waals surface area contributed by atoms with Crippen molar-refractivity contribution in [2.45, 2.75) is 19.9 Å². The molecule has 0 aromatic heterocycles. The first-order chi connectivity index (χ1) is 9.52. The summed E-state index contributed by atoms with van der Waals surface area (Å²) in [6.45, 7) is 4.19. The first-order valence-corrected chi connectivity index (χ1v) is 7.96. The highest BCUT2D eigenvalue weighted by atomic mass is 79.9. The van der Waals surface area contributed by atoms with Crippen molar-refractivity contribution in [1.82, 2.24) is 0 Å². The van der Waals surface area contributed by atoms with Crippen molar-refractivity contribution in [3.8, 4) is 5.75 Å². The molecule has 0 spiro atoms. The Morgan fingerprint density at radius 2 is 1.70 bits per heavy atom. The van der Waals surface area contributed by atoms with Gasteiger partial charge < -0.3 is 10.1 Å². The summed E-state index contributed by atoms with van der Waals surface area (Å²) in [6, 6.07) is 12.4. The van der Waals surface area contributed by atoms with Gasteiger partial charge in [-0.2, -0.15) is 0 Å². The molecule has 0 heterocycles. The maximum Gasteiger partial charge on any atom is 0.124 e. The van der Waals surface area contributed by atoms with Crippen LogP contribution in [0.25, 0.3) is 0 Å². The lowest BCUT2D eigenvalue weighted by Gasteiger charge is -2.20. The number of halogens is 2. The molecule has 2 rings (SSSR count). The second kappa shape index (κ2) is 6.64. The van der Waals surface area contributed by atoms with Crippen LogP contribution in [0, 0.1) is 6.92 Å². The molecule has 20 heavy (non-hydrogen) atoms. The average Bonchev–Trinajstić information content (AvgIpc) is 2.42. The lowest BCUT2D eigenvalue weighted by atomic mass is 10.1. The molecule has 1 atom stereocenters. The smallest absolute Gasteiger partial charge is 0.124 e. The van der Waals surface area contributed by atoms with Gasteiger partial charge in [-0.3, -0.25) is 0 Å². The van der Waals surface area contributed by atoms with Crippen LogP contribution in [0.4, 0.5) is 5.69 Å². The zero-order valence-electron chi connectivity index (χ0n) is 11.7. The van der Waals surface area contributed by atoms with Crippen LogP contribution in [0.1, 0.15) is 24.1 Å². The fourth-order valence-corrected chi connectivity index (χ4v) is 3.80. The van der Waals surface area contributed by atoms with Crippen molar-refractivity contribution in [2.24, 2.45) is 0 Å². The van der Waals surface area contributed by atoms with Gasteiger partial charge in [0.15, 0.2) is 0 Å². The predicted octanol–water partition coefficient (Wildman–Crippen LogP) is 5.70. The molecule has 2 nitrogen and oxygen atoms in total. The maximum absolute atomic E-state index is 5.42. The summed E-state index contributed by atoms with van der Waals surface area (Å²) in [5.74, 6) is 0.895. The van der Waals surface area contributed by atoms with Gasteiger partial charge in [0.1, 0.15) is 5.75 Å². The second-order valence-corrected chi connectivity index (χ2v) is 6.42. The van der Waals surface area contributed by atoms with Crippen LogP contribution in [-0.4, -0.2) is 7.11 Å². The van der Waals surface area contributed by atoms with E-state index in [1.165, 1.54) is 5.56 Å². The van der Waals surface area contributed by atoms with Crippen LogP contribution in [0.5, 0.6) is 5.75 Å². The minimum atomic E-state index is 0.140. The number of methoxy groups -OCH3 is 1. The van der Waals surface area contributed by atoms with Gasteiger partial charge in [0, 0.05) is 14.5 Å². The summed E-state index contributed by atoms with van der Waals surface area (Å²) in [5, 5.41) is 3.52. The number of anilines is 1. The highest BCUT2D eigenvalue weighted by molar-refractivity contribution is 9.11. The Labute approximate surface area is 136 Å². The molecule has 1 N–H and O–H groups in total. The van der Waals surface area contributed by atoms with Gasteiger partial charge in [0.25, 0.3) is 0 Å². The fourth-order valence-electron chi connectivity index (χ4n) is 2.16. The van der Waals surface area contributed by atoms with Crippen LogP contribution in [-0.2, 0) is 0 Å². The van der Waals surface area contributed by atoms with Crippen molar-refractivity contribution < 1.29 is 4.74 Å². The Bertz CT molecular complexity index is 590. The third-order valence-corrected chi connectivity index (χ3v) is 4.40. The molecule has 4 heteroatoms. The zero-order chi connectivity index (χ0) is 14.7. The number of para-hydroxylation sites is 1. The average molecular weight is 399 g/mol. The van der Waals surface area contributed by atoms with Crippen LogP contribution in [0.3, 0.4) is 0 Å². The molecule has 0 radical (unpaired) electrons. The van der Waals surface area contributed by atoms with Crippen molar-refractivity contribution in [3.63, 3.8) is 0 Å². The molecule has 0 aliphatic heterocycles. The standard InChI is InChI=1S/C16H17Br2NO/c1-10-8-13(17)16(14(18)9-10)19-11(2)12-6-4-5-7-15(12)20-3/h4-9,11,19H,1-3H3. The molecular weight excluding hydrogens is 382 g/mol. The van der Waals surface area contributed by atoms with E-state index in [4.69, 9.17) is 4.74 Å². The summed E-state index contributed by atoms with van der Waals surface area (Å²) in [7, 11) is 1.70. The molecule has 0 fully saturated rings. The Morgan fingerprint density at radius 3 is 2.30 bits per heavy atom. The first kappa shape index (κ1) is 15.4. The number of hydrogen-bond acceptors (Lipinski definition) is 2. The Balaban J connectivity index is 2.30. The molecule has 106 valence electrons. The quantitative estimate of drug-likeness (QED) is 0.712. The highest BCUT2D eigenvalue weighted by Gasteiger charge is 2.14. The molecule has 1 unspecified atom stereocenters. The summed E-state index contributed by atoms with van der Waals surface area (Å²) in [6.07, 6.45) is 0. The maximum atomic E-state index is 5.42. The van der Waals surface area contributed by atoms with E-state index in [0.29, 0.717) is 0 Å². The third-order valence-electron chi connectivity index (χ3n) is 3.15. The SMILES string of the molecule is COc1ccccc1C(C)Nc1c(Br)cc(C)cc1Br. The predicted molar refractivity (Wildman–Crippen MR) is 91.6 cm³/mol. The second-order valence-electron chi connectivity index (χ2n) is 4.71. The molecular formula is C16H17Br2NO. The Kier molecular flexibility index (Phi) is 5.11. The largest absolute Gasteiger partial charge is 0.496 e. The fraction of sp³-hybridized carbons (Fsp3) is 0.250. The van der Waals surface area contributed by atoms with Crippen molar-refractivity contribution in [1.29, 1.82) is 0 Å². The molecule has 0 saturated carbocycles. The van der Waals surface area contributed by atoms with Crippen LogP contribution in [0.2, 0.25) is 0 Å². The van der Waals surface area contributed by atoms with Gasteiger partial charge >= 0.3 is 0 Å². The number of nitrogens with one attached hydrogen (secondary N) is 1. The van der Waals surface area contributed by atoms with Gasteiger partial charge in [-0.1, -0.05) is 18.2 Å². The molecule has 0 amide bonds. The van der Waals surface area contributed by atoms with Crippen LogP contribution < -0.4 is 10.1 Å². The van der Waals surface area contributed by atoms with E-state index in [-0.39, 0.29) is 6.04 Å². The minimum Gasteiger partial charge on any atom is -0.496 e. The molecule has 0 bridgehead atoms. The van der Waals surface area contributed by atoms with Crippen molar-refractivity contribution in [3.05, 3.63) is 56.5 Å². The summed E-state index contributed by atoms with van der Waals surface area (Å²) >= 11 is 7.22. The van der Waals surface area contributed by atoms with Crippen LogP contribution in [0.15, 0.2) is 45.3 Å². The summed E-state index contributed by atoms with van der Waals surface area (Å²) in [5.41, 5.74) is 3.39. The van der Waals surface area contributed by atoms with Gasteiger partial charge in [-0.05, 0) is 69.5 Å². The molecule has 2 aromatic carbocycles. The number of hydrogen-bond donors (Lipinski definition) is 1. The van der Waals surface area contributed by atoms with E-state index in [9.17, 15) is 0 Å². The summed E-state index contributed by atoms with van der Waals surface area (Å²) in [4.78, 5) is 0. The van der Waals surface area contributed by atoms with E-state index >= 15 is 0 Å². The number of rotatable bonds is 4. The van der Waals surface area contributed by atoms with Gasteiger partial charge in [0.2, 0.25) is 0 Å². The van der Waals surface area contributed by atoms with E-state index in [2.05, 4.69) is 69.2 Å². The minimum absolute atomic E-state index is 0.140. The van der Waals surface area contributed by atoms with Crippen molar-refractivity contribution in [2.75, 3.05) is 12.4 Å². The number of benzene rings is 2. The number of ether oxygens (including phenoxy) is 1. The van der Waals surface area contributed by atoms with Gasteiger partial charge in [-0.15, -0.1) is 0 Å². The van der Waals surface area contributed by atoms with E-state index in [1.54, 1.807) is 7.11 Å². The first-order valence-electron chi connectivity index (χ1n) is 6.38. The third kappa shape index (κ3) is 3.36. The van der Waals surface area contributed by atoms with E-state index in [1.807, 2.05) is 18.2 Å². The topological polar surface area (TPSA) is 21.3 Å². The molecule has 2 aromatic rings. The molecule has 0 aliphatic rings. The van der Waals surface area contributed by atoms with Crippen LogP contribution >= 0.6 is 31.9 Å². The van der Waals surface area contributed by atoms with E-state index in [0.717, 1.165) is 25.9 Å². The Hall–Kier alpha value is -1.000. The lowest BCUT2D eigenvalue weighted by molar-refractivity contribution is 0.408. The highest BCUT2D eigenvalue weighted by Crippen LogP contribution is 2.36. The summed E-state index contributed by atoms with van der Waals surface area (Å²) < 4.78 is 7.51. The van der Waals surface area contributed by atoms with Gasteiger partial charge in [-0.25, -0.2) is 0 Å². The molecule has 0 saturated heterocycles. The van der Waals surface area contributed by atoms with E-state index < -0.39 is 0 Å². The van der Waals surface area contributed by atoms with Gasteiger partial charge in [0.05, 0.1) is 18.8 Å². The number of aryl methyl sites for hydroxylation is 1.